The molecule has 0 heterocycles. The summed E-state index contributed by atoms with van der Waals surface area (Å²) in [5, 5.41) is 3.21. The summed E-state index contributed by atoms with van der Waals surface area (Å²) in [5.41, 5.74) is 4.85. The number of hydrogen-bond donors (Lipinski definition) is 2. The van der Waals surface area contributed by atoms with Crippen molar-refractivity contribution in [2.24, 2.45) is 11.7 Å². The molecule has 0 saturated heterocycles. The molecule has 5 heteroatoms. The fourth-order valence-electron chi connectivity index (χ4n) is 2.12. The first-order valence-electron chi connectivity index (χ1n) is 6.22. The third-order valence-corrected chi connectivity index (χ3v) is 3.20. The van der Waals surface area contributed by atoms with Crippen LogP contribution >= 0.6 is 0 Å². The fraction of sp³-hybridized carbons (Fsp3) is 0.917. The average molecular weight is 244 g/mol. The number of ether oxygens (including phenoxy) is 2. The second-order valence-corrected chi connectivity index (χ2v) is 4.72. The van der Waals surface area contributed by atoms with Gasteiger partial charge in [0.2, 0.25) is 5.91 Å². The van der Waals surface area contributed by atoms with Gasteiger partial charge in [-0.2, -0.15) is 0 Å². The number of methoxy groups -OCH3 is 1. The van der Waals surface area contributed by atoms with Gasteiger partial charge in [-0.15, -0.1) is 0 Å². The molecule has 0 aromatic heterocycles. The quantitative estimate of drug-likeness (QED) is 0.611. The third kappa shape index (κ3) is 3.66. The number of nitrogens with one attached hydrogen (secondary N) is 1. The highest BCUT2D eigenvalue weighted by Gasteiger charge is 2.49. The van der Waals surface area contributed by atoms with E-state index < -0.39 is 5.54 Å². The van der Waals surface area contributed by atoms with E-state index in [2.05, 4.69) is 5.32 Å². The van der Waals surface area contributed by atoms with Gasteiger partial charge in [-0.25, -0.2) is 0 Å². The van der Waals surface area contributed by atoms with Crippen molar-refractivity contribution < 1.29 is 14.3 Å². The molecule has 2 atom stereocenters. The van der Waals surface area contributed by atoms with Gasteiger partial charge in [0, 0.05) is 7.11 Å². The summed E-state index contributed by atoms with van der Waals surface area (Å²) in [7, 11) is 1.63. The maximum absolute atomic E-state index is 11.7. The van der Waals surface area contributed by atoms with E-state index in [4.69, 9.17) is 15.2 Å². The molecule has 1 aliphatic carbocycles. The number of carbonyl (C=O) groups is 1. The highest BCUT2D eigenvalue weighted by Crippen LogP contribution is 2.40. The minimum Gasteiger partial charge on any atom is -0.382 e. The van der Waals surface area contributed by atoms with Crippen molar-refractivity contribution in [1.82, 2.24) is 5.32 Å². The molecule has 1 rings (SSSR count). The zero-order chi connectivity index (χ0) is 12.9. The summed E-state index contributed by atoms with van der Waals surface area (Å²) in [5.74, 6) is 0.00108. The standard InChI is InChI=1S/C12H24N2O3/c1-4-14-12(11(13)15,10-5-6-10)8-17-9(2)7-16-3/h9-10,14H,4-8H2,1-3H3,(H2,13,15). The number of amides is 1. The Balaban J connectivity index is 2.59. The zero-order valence-electron chi connectivity index (χ0n) is 11.0. The van der Waals surface area contributed by atoms with Gasteiger partial charge in [0.1, 0.15) is 5.54 Å². The Morgan fingerprint density at radius 3 is 2.65 bits per heavy atom. The lowest BCUT2D eigenvalue weighted by Gasteiger charge is -2.32. The predicted octanol–water partition coefficient (Wildman–Crippen LogP) is 0.282. The first-order chi connectivity index (χ1) is 8.06. The number of hydrogen-bond acceptors (Lipinski definition) is 4. The molecule has 5 nitrogen and oxygen atoms in total. The summed E-state index contributed by atoms with van der Waals surface area (Å²) >= 11 is 0. The van der Waals surface area contributed by atoms with Crippen LogP contribution in [-0.2, 0) is 14.3 Å². The molecule has 0 aromatic carbocycles. The summed E-state index contributed by atoms with van der Waals surface area (Å²) in [4.78, 5) is 11.7. The van der Waals surface area contributed by atoms with Gasteiger partial charge in [-0.3, -0.25) is 4.79 Å². The van der Waals surface area contributed by atoms with Crippen molar-refractivity contribution in [3.63, 3.8) is 0 Å². The summed E-state index contributed by atoms with van der Waals surface area (Å²) in [6, 6.07) is 0. The Hall–Kier alpha value is -0.650. The van der Waals surface area contributed by atoms with Crippen LogP contribution in [0, 0.1) is 5.92 Å². The van der Waals surface area contributed by atoms with Crippen LogP contribution in [0.5, 0.6) is 0 Å². The number of nitrogens with two attached hydrogens (primary N) is 1. The molecular formula is C12H24N2O3. The summed E-state index contributed by atoms with van der Waals surface area (Å²) in [6.07, 6.45) is 2.05. The third-order valence-electron chi connectivity index (χ3n) is 3.20. The second-order valence-electron chi connectivity index (χ2n) is 4.72. The molecule has 17 heavy (non-hydrogen) atoms. The fourth-order valence-corrected chi connectivity index (χ4v) is 2.12. The van der Waals surface area contributed by atoms with E-state index in [1.807, 2.05) is 13.8 Å². The molecule has 3 N–H and O–H groups in total. The summed E-state index contributed by atoms with van der Waals surface area (Å²) < 4.78 is 10.7. The van der Waals surface area contributed by atoms with E-state index in [0.717, 1.165) is 12.8 Å². The van der Waals surface area contributed by atoms with Crippen LogP contribution in [0.25, 0.3) is 0 Å². The lowest BCUT2D eigenvalue weighted by Crippen LogP contribution is -2.60. The highest BCUT2D eigenvalue weighted by atomic mass is 16.5. The highest BCUT2D eigenvalue weighted by molar-refractivity contribution is 5.85. The molecule has 0 radical (unpaired) electrons. The Morgan fingerprint density at radius 1 is 1.59 bits per heavy atom. The van der Waals surface area contributed by atoms with Crippen LogP contribution in [0.1, 0.15) is 26.7 Å². The maximum Gasteiger partial charge on any atom is 0.240 e. The van der Waals surface area contributed by atoms with E-state index in [0.29, 0.717) is 25.7 Å². The molecule has 2 unspecified atom stereocenters. The molecule has 1 aliphatic rings. The Labute approximate surface area is 103 Å². The first kappa shape index (κ1) is 14.4. The van der Waals surface area contributed by atoms with E-state index in [9.17, 15) is 4.79 Å². The lowest BCUT2D eigenvalue weighted by molar-refractivity contribution is -0.130. The normalized spacial score (nSPS) is 20.9. The number of primary amides is 1. The van der Waals surface area contributed by atoms with Crippen molar-refractivity contribution in [2.45, 2.75) is 38.3 Å². The van der Waals surface area contributed by atoms with E-state index >= 15 is 0 Å². The van der Waals surface area contributed by atoms with Crippen molar-refractivity contribution in [2.75, 3.05) is 26.9 Å². The SMILES string of the molecule is CCNC(COC(C)COC)(C(N)=O)C1CC1. The van der Waals surface area contributed by atoms with Crippen molar-refractivity contribution in [1.29, 1.82) is 0 Å². The van der Waals surface area contributed by atoms with Crippen LogP contribution in [0.2, 0.25) is 0 Å². The van der Waals surface area contributed by atoms with Crippen LogP contribution in [-0.4, -0.2) is 44.4 Å². The zero-order valence-corrected chi connectivity index (χ0v) is 11.0. The van der Waals surface area contributed by atoms with Crippen LogP contribution < -0.4 is 11.1 Å². The largest absolute Gasteiger partial charge is 0.382 e. The van der Waals surface area contributed by atoms with E-state index in [1.165, 1.54) is 0 Å². The van der Waals surface area contributed by atoms with Gasteiger partial charge in [0.05, 0.1) is 19.3 Å². The van der Waals surface area contributed by atoms with Gasteiger partial charge in [0.15, 0.2) is 0 Å². The van der Waals surface area contributed by atoms with Crippen molar-refractivity contribution >= 4 is 5.91 Å². The maximum atomic E-state index is 11.7. The van der Waals surface area contributed by atoms with Crippen molar-refractivity contribution in [3.05, 3.63) is 0 Å². The van der Waals surface area contributed by atoms with Crippen LogP contribution in [0.15, 0.2) is 0 Å². The Bertz CT molecular complexity index is 256. The van der Waals surface area contributed by atoms with Crippen LogP contribution in [0.4, 0.5) is 0 Å². The smallest absolute Gasteiger partial charge is 0.240 e. The second kappa shape index (κ2) is 6.33. The Morgan fingerprint density at radius 2 is 2.24 bits per heavy atom. The molecular weight excluding hydrogens is 220 g/mol. The minimum absolute atomic E-state index is 0.0314. The minimum atomic E-state index is -0.698. The molecule has 1 fully saturated rings. The lowest BCUT2D eigenvalue weighted by atomic mass is 9.93. The molecule has 100 valence electrons. The topological polar surface area (TPSA) is 73.6 Å². The van der Waals surface area contributed by atoms with Gasteiger partial charge in [0.25, 0.3) is 0 Å². The van der Waals surface area contributed by atoms with Crippen molar-refractivity contribution in [3.8, 4) is 0 Å². The average Bonchev–Trinajstić information content (AvgIpc) is 3.08. The molecule has 1 amide bonds. The monoisotopic (exact) mass is 244 g/mol. The van der Waals surface area contributed by atoms with Gasteiger partial charge >= 0.3 is 0 Å². The van der Waals surface area contributed by atoms with Crippen LogP contribution in [0.3, 0.4) is 0 Å². The van der Waals surface area contributed by atoms with E-state index in [1.54, 1.807) is 7.11 Å². The molecule has 1 saturated carbocycles. The molecule has 0 spiro atoms. The summed E-state index contributed by atoms with van der Waals surface area (Å²) in [6.45, 7) is 5.45. The molecule has 0 aromatic rings. The van der Waals surface area contributed by atoms with E-state index in [-0.39, 0.29) is 12.0 Å². The molecule has 0 aliphatic heterocycles. The number of carbonyl (C=O) groups excluding carboxylic acids is 1. The predicted molar refractivity (Wildman–Crippen MR) is 65.6 cm³/mol. The van der Waals surface area contributed by atoms with Gasteiger partial charge in [-0.05, 0) is 32.2 Å². The first-order valence-corrected chi connectivity index (χ1v) is 6.22. The molecule has 0 bridgehead atoms. The van der Waals surface area contributed by atoms with Gasteiger partial charge in [-0.1, -0.05) is 6.92 Å². The van der Waals surface area contributed by atoms with Gasteiger partial charge < -0.3 is 20.5 Å². The number of rotatable bonds is 9. The number of likely N-dealkylation sites (N-methyl/N-ethyl adjacent to an activating group) is 1. The Kier molecular flexibility index (Phi) is 5.36.